The Morgan fingerprint density at radius 2 is 1.90 bits per heavy atom. The van der Waals surface area contributed by atoms with Gasteiger partial charge in [-0.25, -0.2) is 4.68 Å². The summed E-state index contributed by atoms with van der Waals surface area (Å²) in [6.07, 6.45) is -2.97. The lowest BCUT2D eigenvalue weighted by Gasteiger charge is -2.33. The third kappa shape index (κ3) is 2.26. The second-order valence-corrected chi connectivity index (χ2v) is 5.06. The molecule has 1 aromatic heterocycles. The number of benzene rings is 1. The number of halogens is 3. The predicted molar refractivity (Wildman–Crippen MR) is 69.5 cm³/mol. The number of rotatable bonds is 1. The van der Waals surface area contributed by atoms with Crippen molar-refractivity contribution < 1.29 is 13.2 Å². The van der Waals surface area contributed by atoms with Crippen molar-refractivity contribution >= 4 is 5.82 Å². The van der Waals surface area contributed by atoms with Crippen LogP contribution < -0.4 is 5.32 Å². The molecule has 20 heavy (non-hydrogen) atoms. The maximum atomic E-state index is 13.2. The average molecular weight is 281 g/mol. The fourth-order valence-electron chi connectivity index (χ4n) is 2.53. The highest BCUT2D eigenvalue weighted by Gasteiger charge is 2.46. The zero-order valence-electron chi connectivity index (χ0n) is 10.9. The van der Waals surface area contributed by atoms with Gasteiger partial charge in [0.2, 0.25) is 0 Å². The van der Waals surface area contributed by atoms with Crippen LogP contribution in [0.2, 0.25) is 0 Å². The largest absolute Gasteiger partial charge is 0.410 e. The summed E-state index contributed by atoms with van der Waals surface area (Å²) in [5.41, 5.74) is 1.94. The molecule has 2 aromatic rings. The molecule has 0 saturated carbocycles. The fourth-order valence-corrected chi connectivity index (χ4v) is 2.53. The van der Waals surface area contributed by atoms with E-state index >= 15 is 0 Å². The van der Waals surface area contributed by atoms with Crippen molar-refractivity contribution in [1.29, 1.82) is 0 Å². The fraction of sp³-hybridized carbons (Fsp3) is 0.357. The summed E-state index contributed by atoms with van der Waals surface area (Å²) in [5, 5.41) is 6.90. The Hall–Kier alpha value is -1.98. The van der Waals surface area contributed by atoms with Gasteiger partial charge < -0.3 is 5.32 Å². The SMILES string of the molecule is Cc1ccc([C@@H]2C[C@H](C(F)(F)F)n3nccc3N2)cc1. The molecule has 3 nitrogen and oxygen atoms in total. The predicted octanol–water partition coefficient (Wildman–Crippen LogP) is 3.85. The minimum Gasteiger partial charge on any atom is -0.363 e. The van der Waals surface area contributed by atoms with Crippen LogP contribution in [0.5, 0.6) is 0 Å². The Labute approximate surface area is 114 Å². The number of alkyl halides is 3. The van der Waals surface area contributed by atoms with Gasteiger partial charge in [-0.05, 0) is 12.5 Å². The smallest absolute Gasteiger partial charge is 0.363 e. The highest BCUT2D eigenvalue weighted by Crippen LogP contribution is 2.43. The van der Waals surface area contributed by atoms with Gasteiger partial charge in [-0.15, -0.1) is 0 Å². The van der Waals surface area contributed by atoms with E-state index in [1.807, 2.05) is 31.2 Å². The molecule has 0 unspecified atom stereocenters. The third-order valence-corrected chi connectivity index (χ3v) is 3.60. The Morgan fingerprint density at radius 3 is 2.55 bits per heavy atom. The molecule has 0 spiro atoms. The molecule has 1 aromatic carbocycles. The molecule has 1 aliphatic rings. The lowest BCUT2D eigenvalue weighted by atomic mass is 9.96. The van der Waals surface area contributed by atoms with Gasteiger partial charge in [0, 0.05) is 12.5 Å². The molecule has 106 valence electrons. The second-order valence-electron chi connectivity index (χ2n) is 5.06. The highest BCUT2D eigenvalue weighted by molar-refractivity contribution is 5.41. The van der Waals surface area contributed by atoms with E-state index in [4.69, 9.17) is 0 Å². The first-order valence-electron chi connectivity index (χ1n) is 6.38. The quantitative estimate of drug-likeness (QED) is 0.860. The molecular weight excluding hydrogens is 267 g/mol. The van der Waals surface area contributed by atoms with E-state index < -0.39 is 12.2 Å². The Kier molecular flexibility index (Phi) is 2.96. The van der Waals surface area contributed by atoms with Gasteiger partial charge in [0.05, 0.1) is 12.2 Å². The van der Waals surface area contributed by atoms with Crippen LogP contribution in [0.1, 0.15) is 29.6 Å². The number of anilines is 1. The maximum Gasteiger partial charge on any atom is 0.410 e. The number of aromatic nitrogens is 2. The standard InChI is InChI=1S/C14H14F3N3/c1-9-2-4-10(5-3-9)11-8-12(14(15,16)17)20-13(19-11)6-7-18-20/h2-7,11-12,19H,8H2,1H3/t11-,12+/m0/s1. The van der Waals surface area contributed by atoms with Gasteiger partial charge >= 0.3 is 6.18 Å². The molecule has 0 fully saturated rings. The van der Waals surface area contributed by atoms with Gasteiger partial charge in [-0.2, -0.15) is 18.3 Å². The maximum absolute atomic E-state index is 13.2. The van der Waals surface area contributed by atoms with E-state index in [-0.39, 0.29) is 12.5 Å². The number of fused-ring (bicyclic) bond motifs is 1. The lowest BCUT2D eigenvalue weighted by molar-refractivity contribution is -0.173. The van der Waals surface area contributed by atoms with Crippen LogP contribution in [0.15, 0.2) is 36.5 Å². The number of hydrogen-bond donors (Lipinski definition) is 1. The molecule has 1 aliphatic heterocycles. The van der Waals surface area contributed by atoms with Crippen LogP contribution in [0.4, 0.5) is 19.0 Å². The van der Waals surface area contributed by atoms with Crippen molar-refractivity contribution in [3.8, 4) is 0 Å². The first-order chi connectivity index (χ1) is 9.45. The van der Waals surface area contributed by atoms with Crippen LogP contribution in [0.25, 0.3) is 0 Å². The Morgan fingerprint density at radius 1 is 1.20 bits per heavy atom. The summed E-state index contributed by atoms with van der Waals surface area (Å²) in [6.45, 7) is 1.95. The van der Waals surface area contributed by atoms with Crippen molar-refractivity contribution in [3.63, 3.8) is 0 Å². The number of nitrogens with zero attached hydrogens (tertiary/aromatic N) is 2. The Bertz CT molecular complexity index is 601. The van der Waals surface area contributed by atoms with Gasteiger partial charge in [0.15, 0.2) is 6.04 Å². The molecule has 2 atom stereocenters. The molecule has 0 saturated heterocycles. The molecule has 2 heterocycles. The van der Waals surface area contributed by atoms with Crippen molar-refractivity contribution in [2.24, 2.45) is 0 Å². The van der Waals surface area contributed by atoms with Crippen molar-refractivity contribution in [1.82, 2.24) is 9.78 Å². The molecule has 3 rings (SSSR count). The minimum absolute atomic E-state index is 0.0543. The van der Waals surface area contributed by atoms with E-state index in [0.717, 1.165) is 15.8 Å². The van der Waals surface area contributed by atoms with E-state index in [1.54, 1.807) is 6.07 Å². The summed E-state index contributed by atoms with van der Waals surface area (Å²) < 4.78 is 40.5. The van der Waals surface area contributed by atoms with E-state index in [0.29, 0.717) is 5.82 Å². The monoisotopic (exact) mass is 281 g/mol. The molecular formula is C14H14F3N3. The van der Waals surface area contributed by atoms with Gasteiger partial charge in [0.25, 0.3) is 0 Å². The van der Waals surface area contributed by atoms with Gasteiger partial charge in [-0.1, -0.05) is 29.8 Å². The second kappa shape index (κ2) is 4.54. The summed E-state index contributed by atoms with van der Waals surface area (Å²) in [6, 6.07) is 7.18. The molecule has 0 bridgehead atoms. The highest BCUT2D eigenvalue weighted by atomic mass is 19.4. The lowest BCUT2D eigenvalue weighted by Crippen LogP contribution is -2.35. The van der Waals surface area contributed by atoms with Crippen molar-refractivity contribution in [3.05, 3.63) is 47.7 Å². The average Bonchev–Trinajstić information content (AvgIpc) is 2.85. The number of nitrogens with one attached hydrogen (secondary N) is 1. The number of aryl methyl sites for hydroxylation is 1. The first kappa shape index (κ1) is 13.0. The topological polar surface area (TPSA) is 29.9 Å². The molecule has 0 amide bonds. The molecule has 6 heteroatoms. The third-order valence-electron chi connectivity index (χ3n) is 3.60. The summed E-state index contributed by atoms with van der Waals surface area (Å²) in [4.78, 5) is 0. The minimum atomic E-state index is -4.30. The van der Waals surface area contributed by atoms with E-state index in [2.05, 4.69) is 10.4 Å². The van der Waals surface area contributed by atoms with Crippen molar-refractivity contribution in [2.75, 3.05) is 5.32 Å². The normalized spacial score (nSPS) is 22.2. The van der Waals surface area contributed by atoms with E-state index in [9.17, 15) is 13.2 Å². The van der Waals surface area contributed by atoms with Crippen LogP contribution in [-0.4, -0.2) is 16.0 Å². The zero-order chi connectivity index (χ0) is 14.3. The summed E-state index contributed by atoms with van der Waals surface area (Å²) in [7, 11) is 0. The molecule has 1 N–H and O–H groups in total. The summed E-state index contributed by atoms with van der Waals surface area (Å²) in [5.74, 6) is 0.407. The van der Waals surface area contributed by atoms with Crippen LogP contribution >= 0.6 is 0 Å². The van der Waals surface area contributed by atoms with Crippen LogP contribution in [0, 0.1) is 6.92 Å². The van der Waals surface area contributed by atoms with Crippen molar-refractivity contribution in [2.45, 2.75) is 31.6 Å². The van der Waals surface area contributed by atoms with Gasteiger partial charge in [0.1, 0.15) is 5.82 Å². The van der Waals surface area contributed by atoms with Gasteiger partial charge in [-0.3, -0.25) is 0 Å². The summed E-state index contributed by atoms with van der Waals surface area (Å²) >= 11 is 0. The number of hydrogen-bond acceptors (Lipinski definition) is 2. The molecule has 0 radical (unpaired) electrons. The Balaban J connectivity index is 1.95. The van der Waals surface area contributed by atoms with Crippen LogP contribution in [-0.2, 0) is 0 Å². The van der Waals surface area contributed by atoms with E-state index in [1.165, 1.54) is 6.20 Å². The van der Waals surface area contributed by atoms with Crippen LogP contribution in [0.3, 0.4) is 0 Å². The zero-order valence-corrected chi connectivity index (χ0v) is 10.9. The molecule has 0 aliphatic carbocycles. The first-order valence-corrected chi connectivity index (χ1v) is 6.38.